The van der Waals surface area contributed by atoms with Crippen LogP contribution in [0.4, 0.5) is 0 Å². The van der Waals surface area contributed by atoms with Crippen LogP contribution in [0.5, 0.6) is 5.75 Å². The summed E-state index contributed by atoms with van der Waals surface area (Å²) in [6, 6.07) is 5.54. The molecule has 0 spiro atoms. The molecular formula is C45H89ClN2O3. The van der Waals surface area contributed by atoms with E-state index >= 15 is 0 Å². The number of quaternary nitrogens is 2. The number of carbonyl (C=O) groups is 1. The fraction of sp³-hybridized carbons (Fsp3) is 0.844. The Morgan fingerprint density at radius 1 is 0.471 bits per heavy atom. The quantitative estimate of drug-likeness (QED) is 0.0609. The van der Waals surface area contributed by atoms with Crippen molar-refractivity contribution in [2.45, 2.75) is 194 Å². The minimum absolute atomic E-state index is 0. The molecular weight excluding hydrogens is 652 g/mol. The Morgan fingerprint density at radius 2 is 0.706 bits per heavy atom. The smallest absolute Gasteiger partial charge is 0.335 e. The Labute approximate surface area is 326 Å². The summed E-state index contributed by atoms with van der Waals surface area (Å²) in [6.45, 7) is 7.25. The minimum atomic E-state index is -1.18. The second kappa shape index (κ2) is 38.4. The summed E-state index contributed by atoms with van der Waals surface area (Å²) in [5, 5.41) is 19.0. The zero-order valence-corrected chi connectivity index (χ0v) is 36.3. The van der Waals surface area contributed by atoms with Crippen molar-refractivity contribution in [3.8, 4) is 5.75 Å². The van der Waals surface area contributed by atoms with Gasteiger partial charge in [0.1, 0.15) is 0 Å². The van der Waals surface area contributed by atoms with Crippen LogP contribution in [0.3, 0.4) is 0 Å². The number of rotatable bonds is 31. The molecule has 0 amide bonds. The van der Waals surface area contributed by atoms with Gasteiger partial charge in [-0.15, -0.1) is 0 Å². The fourth-order valence-corrected chi connectivity index (χ4v) is 6.20. The molecule has 51 heavy (non-hydrogen) atoms. The molecule has 1 aromatic carbocycles. The van der Waals surface area contributed by atoms with Crippen LogP contribution in [0.2, 0.25) is 0 Å². The molecule has 5 nitrogen and oxygen atoms in total. The molecule has 0 saturated carbocycles. The standard InChI is InChI=1S/2C19H42N.C7H6O3.ClH/c2*1-5-6-7-8-9-10-11-12-13-14-15-16-17-18-19-20(2,3)4;8-6-4-2-1-3-5(6)7(9)10;/h2*5-19H2,1-4H3;1-4,8H,(H,9,10);1H/q2*+1;;/p-2. The minimum Gasteiger partial charge on any atom is -1.00 e. The molecule has 0 aromatic heterocycles. The van der Waals surface area contributed by atoms with Crippen molar-refractivity contribution in [1.29, 1.82) is 0 Å². The van der Waals surface area contributed by atoms with Crippen LogP contribution in [0.1, 0.15) is 204 Å². The number of halogens is 1. The number of hydrogen-bond acceptors (Lipinski definition) is 2. The highest BCUT2D eigenvalue weighted by Gasteiger charge is 2.06. The number of nitrogens with zero attached hydrogens (tertiary/aromatic N) is 2. The summed E-state index contributed by atoms with van der Waals surface area (Å²) in [7, 11) is 13.8. The molecule has 0 fully saturated rings. The van der Waals surface area contributed by atoms with E-state index in [4.69, 9.17) is 5.11 Å². The van der Waals surface area contributed by atoms with Crippen molar-refractivity contribution in [2.75, 3.05) is 55.4 Å². The second-order valence-corrected chi connectivity index (χ2v) is 17.0. The summed E-state index contributed by atoms with van der Waals surface area (Å²) >= 11 is 0. The van der Waals surface area contributed by atoms with Crippen LogP contribution in [0.25, 0.3) is 0 Å². The number of benzene rings is 1. The lowest BCUT2D eigenvalue weighted by Crippen LogP contribution is -3.00. The molecule has 1 aromatic rings. The lowest BCUT2D eigenvalue weighted by molar-refractivity contribution is -0.870. The number of hydrogen-bond donors (Lipinski definition) is 1. The molecule has 1 N–H and O–H groups in total. The van der Waals surface area contributed by atoms with Crippen LogP contribution in [-0.2, 0) is 0 Å². The van der Waals surface area contributed by atoms with Gasteiger partial charge in [-0.25, -0.2) is 4.79 Å². The Balaban J connectivity index is -0.000000705. The first-order valence-electron chi connectivity index (χ1n) is 21.4. The molecule has 6 heteroatoms. The van der Waals surface area contributed by atoms with Gasteiger partial charge in [0, 0.05) is 0 Å². The SMILES string of the molecule is CCCCCCCCCCCCCCCC[N+](C)(C)C.CCCCCCCCCCCCCCCC[N+](C)(C)C.O=C(O)c1ccccc1[O-].[Cl-]. The third-order valence-corrected chi connectivity index (χ3v) is 9.48. The molecule has 1 rings (SSSR count). The number of carboxylic acids is 1. The number of carboxylic acid groups (broad SMARTS) is 1. The number of unbranched alkanes of at least 4 members (excludes halogenated alkanes) is 26. The Kier molecular flexibility index (Phi) is 40.7. The number of aromatic carboxylic acids is 1. The molecule has 0 radical (unpaired) electrons. The zero-order valence-electron chi connectivity index (χ0n) is 35.6. The highest BCUT2D eigenvalue weighted by molar-refractivity contribution is 5.90. The van der Waals surface area contributed by atoms with Gasteiger partial charge in [0.15, 0.2) is 0 Å². The van der Waals surface area contributed by atoms with E-state index in [1.165, 1.54) is 217 Å². The van der Waals surface area contributed by atoms with Crippen LogP contribution >= 0.6 is 0 Å². The second-order valence-electron chi connectivity index (χ2n) is 17.0. The third-order valence-electron chi connectivity index (χ3n) is 9.48. The van der Waals surface area contributed by atoms with Crippen molar-refractivity contribution >= 4 is 5.97 Å². The van der Waals surface area contributed by atoms with E-state index in [0.717, 1.165) is 8.97 Å². The van der Waals surface area contributed by atoms with E-state index in [2.05, 4.69) is 56.1 Å². The van der Waals surface area contributed by atoms with Crippen LogP contribution in [-0.4, -0.2) is 75.4 Å². The summed E-state index contributed by atoms with van der Waals surface area (Å²) in [4.78, 5) is 10.2. The first kappa shape index (κ1) is 54.0. The van der Waals surface area contributed by atoms with Crippen LogP contribution in [0.15, 0.2) is 24.3 Å². The average molecular weight is 742 g/mol. The first-order valence-corrected chi connectivity index (χ1v) is 21.4. The van der Waals surface area contributed by atoms with Gasteiger partial charge >= 0.3 is 5.97 Å². The van der Waals surface area contributed by atoms with Gasteiger partial charge in [-0.1, -0.05) is 192 Å². The van der Waals surface area contributed by atoms with E-state index in [-0.39, 0.29) is 18.0 Å². The predicted octanol–water partition coefficient (Wildman–Crippen LogP) is 9.81. The topological polar surface area (TPSA) is 60.4 Å². The Bertz CT molecular complexity index is 809. The molecule has 0 aliphatic heterocycles. The van der Waals surface area contributed by atoms with Crippen molar-refractivity contribution < 1.29 is 36.4 Å². The average Bonchev–Trinajstić information content (AvgIpc) is 3.05. The zero-order chi connectivity index (χ0) is 37.8. The lowest BCUT2D eigenvalue weighted by atomic mass is 10.0. The first-order chi connectivity index (χ1) is 23.8. The number of para-hydroxylation sites is 1. The molecule has 0 aliphatic carbocycles. The Hall–Kier alpha value is -1.30. The maximum atomic E-state index is 10.7. The fourth-order valence-electron chi connectivity index (χ4n) is 6.20. The van der Waals surface area contributed by atoms with Crippen molar-refractivity contribution in [1.82, 2.24) is 0 Å². The molecule has 0 heterocycles. The van der Waals surface area contributed by atoms with Gasteiger partial charge < -0.3 is 31.6 Å². The van der Waals surface area contributed by atoms with Gasteiger partial charge in [0.05, 0.1) is 60.9 Å². The third kappa shape index (κ3) is 46.7. The van der Waals surface area contributed by atoms with Gasteiger partial charge in [0.25, 0.3) is 0 Å². The molecule has 304 valence electrons. The van der Waals surface area contributed by atoms with Crippen molar-refractivity contribution in [2.24, 2.45) is 0 Å². The van der Waals surface area contributed by atoms with Gasteiger partial charge in [-0.3, -0.25) is 0 Å². The monoisotopic (exact) mass is 741 g/mol. The summed E-state index contributed by atoms with van der Waals surface area (Å²) in [5.74, 6) is -1.62. The summed E-state index contributed by atoms with van der Waals surface area (Å²) < 4.78 is 2.25. The van der Waals surface area contributed by atoms with Crippen LogP contribution < -0.4 is 17.5 Å². The maximum Gasteiger partial charge on any atom is 0.335 e. The van der Waals surface area contributed by atoms with Gasteiger partial charge in [-0.2, -0.15) is 0 Å². The molecule has 0 bridgehead atoms. The molecule has 0 unspecified atom stereocenters. The largest absolute Gasteiger partial charge is 1.00 e. The van der Waals surface area contributed by atoms with Crippen molar-refractivity contribution in [3.05, 3.63) is 29.8 Å². The normalized spacial score (nSPS) is 11.2. The Morgan fingerprint density at radius 3 is 0.902 bits per heavy atom. The predicted molar refractivity (Wildman–Crippen MR) is 219 cm³/mol. The molecule has 0 saturated heterocycles. The summed E-state index contributed by atoms with van der Waals surface area (Å²) in [6.07, 6.45) is 40.7. The van der Waals surface area contributed by atoms with E-state index in [1.807, 2.05) is 0 Å². The van der Waals surface area contributed by atoms with E-state index in [0.29, 0.717) is 0 Å². The molecule has 0 atom stereocenters. The highest BCUT2D eigenvalue weighted by atomic mass is 35.5. The lowest BCUT2D eigenvalue weighted by Gasteiger charge is -2.23. The molecule has 0 aliphatic rings. The van der Waals surface area contributed by atoms with E-state index < -0.39 is 11.7 Å². The van der Waals surface area contributed by atoms with Crippen molar-refractivity contribution in [3.63, 3.8) is 0 Å². The van der Waals surface area contributed by atoms with E-state index in [1.54, 1.807) is 0 Å². The maximum absolute atomic E-state index is 10.7. The van der Waals surface area contributed by atoms with Crippen LogP contribution in [0, 0.1) is 0 Å². The highest BCUT2D eigenvalue weighted by Crippen LogP contribution is 2.15. The van der Waals surface area contributed by atoms with Gasteiger partial charge in [-0.05, 0) is 31.7 Å². The van der Waals surface area contributed by atoms with E-state index in [9.17, 15) is 9.90 Å². The van der Waals surface area contributed by atoms with Gasteiger partial charge in [0.2, 0.25) is 0 Å². The summed E-state index contributed by atoms with van der Waals surface area (Å²) in [5.41, 5.74) is -0.178.